The van der Waals surface area contributed by atoms with Crippen LogP contribution in [-0.2, 0) is 0 Å². The van der Waals surface area contributed by atoms with E-state index in [9.17, 15) is 0 Å². The summed E-state index contributed by atoms with van der Waals surface area (Å²) in [6.07, 6.45) is 0. The van der Waals surface area contributed by atoms with Crippen molar-refractivity contribution in [2.24, 2.45) is 23.8 Å². The minimum Gasteiger partial charge on any atom is -0.273 e. The average molecular weight is 605 g/mol. The van der Waals surface area contributed by atoms with Crippen molar-refractivity contribution in [3.63, 3.8) is 0 Å². The third-order valence-electron chi connectivity index (χ3n) is 5.84. The first-order chi connectivity index (χ1) is 16.4. The Bertz CT molecular complexity index is 855. The smallest absolute Gasteiger partial charge is 0.273 e. The number of nitrogens with two attached hydrogens (primary N) is 1. The third-order valence-corrected chi connectivity index (χ3v) is 22.0. The molecule has 0 bridgehead atoms. The topological polar surface area (TPSA) is 98.1 Å². The molecule has 0 saturated heterocycles. The number of hydrogen-bond acceptors (Lipinski definition) is 1. The van der Waals surface area contributed by atoms with Crippen molar-refractivity contribution in [1.29, 1.82) is 0 Å². The second-order valence-corrected chi connectivity index (χ2v) is 25.5. The minimum atomic E-state index is -3.18. The van der Waals surface area contributed by atoms with E-state index in [2.05, 4.69) is 128 Å². The fourth-order valence-corrected chi connectivity index (χ4v) is 21.9. The molecular formula is C21H60N12P4. The summed E-state index contributed by atoms with van der Waals surface area (Å²) < 4.78 is 37.8. The molecule has 0 aliphatic carbocycles. The maximum atomic E-state index is 7.18. The standard InChI is InChI=1S/C21H60N12P4/c1-20(2)34(27(6)7,28(8)9)24-36(23-21(3,4)5,25-35(22,29(10)11)30(12)13)26-37(31(14)15,32(16)17)33(18)19/h20H,22H2,1-19H3. The molecule has 12 nitrogen and oxygen atoms in total. The molecule has 16 heteroatoms. The lowest BCUT2D eigenvalue weighted by atomic mass is 10.1. The van der Waals surface area contributed by atoms with Gasteiger partial charge in [0.2, 0.25) is 0 Å². The fraction of sp³-hybridized carbons (Fsp3) is 1.00. The Labute approximate surface area is 230 Å². The zero-order valence-corrected chi connectivity index (χ0v) is 30.9. The molecule has 224 valence electrons. The van der Waals surface area contributed by atoms with Gasteiger partial charge in [0.15, 0.2) is 15.0 Å². The quantitative estimate of drug-likeness (QED) is 0.289. The molecule has 0 aliphatic rings. The highest BCUT2D eigenvalue weighted by molar-refractivity contribution is 7.81. The molecule has 2 N–H and O–H groups in total. The number of nitrogens with zero attached hydrogens (tertiary/aromatic N) is 11. The highest BCUT2D eigenvalue weighted by atomic mass is 31.3. The van der Waals surface area contributed by atoms with Crippen molar-refractivity contribution in [2.75, 3.05) is 98.7 Å². The van der Waals surface area contributed by atoms with Crippen LogP contribution in [0.1, 0.15) is 34.6 Å². The van der Waals surface area contributed by atoms with Gasteiger partial charge >= 0.3 is 7.51 Å². The van der Waals surface area contributed by atoms with Crippen LogP contribution < -0.4 is 5.50 Å². The van der Waals surface area contributed by atoms with Crippen LogP contribution in [-0.4, -0.2) is 143 Å². The van der Waals surface area contributed by atoms with Crippen LogP contribution in [0.3, 0.4) is 0 Å². The summed E-state index contributed by atoms with van der Waals surface area (Å²) in [7, 11) is 18.2. The monoisotopic (exact) mass is 604 g/mol. The molecule has 1 atom stereocenters. The number of rotatable bonds is 11. The van der Waals surface area contributed by atoms with Crippen molar-refractivity contribution in [3.05, 3.63) is 0 Å². The molecule has 0 aromatic rings. The molecule has 0 amide bonds. The van der Waals surface area contributed by atoms with Crippen molar-refractivity contribution < 1.29 is 0 Å². The van der Waals surface area contributed by atoms with Gasteiger partial charge < -0.3 is 0 Å². The van der Waals surface area contributed by atoms with Crippen LogP contribution >= 0.6 is 29.9 Å². The van der Waals surface area contributed by atoms with Crippen LogP contribution in [0.5, 0.6) is 0 Å². The Morgan fingerprint density at radius 2 is 0.892 bits per heavy atom. The van der Waals surface area contributed by atoms with E-state index < -0.39 is 35.4 Å². The minimum absolute atomic E-state index is 0.229. The Kier molecular flexibility index (Phi) is 13.7. The van der Waals surface area contributed by atoms with Crippen LogP contribution in [0, 0.1) is 0 Å². The van der Waals surface area contributed by atoms with E-state index in [4.69, 9.17) is 23.8 Å². The second kappa shape index (κ2) is 13.5. The van der Waals surface area contributed by atoms with E-state index in [-0.39, 0.29) is 5.66 Å². The van der Waals surface area contributed by atoms with Crippen molar-refractivity contribution in [3.8, 4) is 0 Å². The summed E-state index contributed by atoms with van der Waals surface area (Å²) in [5, 5.41) is 0. The average Bonchev–Trinajstić information content (AvgIpc) is 2.66. The van der Waals surface area contributed by atoms with Gasteiger partial charge in [-0.2, -0.15) is 13.5 Å². The molecule has 37 heavy (non-hydrogen) atoms. The van der Waals surface area contributed by atoms with Gasteiger partial charge in [-0.3, -0.25) is 38.2 Å². The maximum absolute atomic E-state index is 7.18. The van der Waals surface area contributed by atoms with Crippen molar-refractivity contribution in [2.45, 2.75) is 45.8 Å². The highest BCUT2D eigenvalue weighted by Crippen LogP contribution is 2.77. The van der Waals surface area contributed by atoms with E-state index in [0.717, 1.165) is 0 Å². The Hall–Kier alpha value is 0.600. The predicted molar refractivity (Wildman–Crippen MR) is 172 cm³/mol. The fourth-order valence-electron chi connectivity index (χ4n) is 4.41. The van der Waals surface area contributed by atoms with Gasteiger partial charge in [0.1, 0.15) is 7.36 Å². The van der Waals surface area contributed by atoms with Gasteiger partial charge in [-0.15, -0.1) is 0 Å². The molecule has 0 aromatic carbocycles. The summed E-state index contributed by atoms with van der Waals surface area (Å²) >= 11 is 0. The van der Waals surface area contributed by atoms with Crippen LogP contribution in [0.25, 0.3) is 0 Å². The highest BCUT2D eigenvalue weighted by Gasteiger charge is 2.40. The summed E-state index contributed by atoms with van der Waals surface area (Å²) in [5.74, 6) is 0. The summed E-state index contributed by atoms with van der Waals surface area (Å²) in [5.41, 5.74) is 6.97. The van der Waals surface area contributed by atoms with Gasteiger partial charge in [0.05, 0.1) is 5.54 Å². The Balaban J connectivity index is 9.13. The molecule has 0 spiro atoms. The molecule has 1 unspecified atom stereocenters. The zero-order chi connectivity index (χ0) is 29.9. The summed E-state index contributed by atoms with van der Waals surface area (Å²) in [6.45, 7) is 10.8. The molecule has 0 aliphatic heterocycles. The van der Waals surface area contributed by atoms with E-state index in [1.54, 1.807) is 0 Å². The van der Waals surface area contributed by atoms with Crippen LogP contribution in [0.4, 0.5) is 0 Å². The third kappa shape index (κ3) is 8.31. The van der Waals surface area contributed by atoms with Crippen molar-refractivity contribution in [1.82, 2.24) is 32.7 Å². The first-order valence-corrected chi connectivity index (χ1v) is 19.1. The lowest BCUT2D eigenvalue weighted by Crippen LogP contribution is -2.31. The normalized spacial score (nSPS) is 16.1. The van der Waals surface area contributed by atoms with Gasteiger partial charge in [-0.05, 0) is 119 Å². The van der Waals surface area contributed by atoms with Gasteiger partial charge in [0.25, 0.3) is 0 Å². The van der Waals surface area contributed by atoms with E-state index in [0.29, 0.717) is 0 Å². The molecule has 0 fully saturated rings. The lowest BCUT2D eigenvalue weighted by Gasteiger charge is -2.44. The van der Waals surface area contributed by atoms with Gasteiger partial charge in [0, 0.05) is 5.66 Å². The summed E-state index contributed by atoms with van der Waals surface area (Å²) in [4.78, 5) is 0. The summed E-state index contributed by atoms with van der Waals surface area (Å²) in [6, 6.07) is 0. The molecule has 0 saturated carbocycles. The van der Waals surface area contributed by atoms with E-state index >= 15 is 0 Å². The molecular weight excluding hydrogens is 544 g/mol. The van der Waals surface area contributed by atoms with Crippen LogP contribution in [0.15, 0.2) is 18.3 Å². The van der Waals surface area contributed by atoms with Gasteiger partial charge in [-0.1, -0.05) is 13.8 Å². The van der Waals surface area contributed by atoms with Crippen molar-refractivity contribution >= 4 is 29.9 Å². The largest absolute Gasteiger partial charge is 0.305 e. The molecule has 0 aromatic heterocycles. The zero-order valence-electron chi connectivity index (χ0n) is 27.4. The Morgan fingerprint density at radius 1 is 0.541 bits per heavy atom. The second-order valence-electron chi connectivity index (χ2n) is 11.9. The predicted octanol–water partition coefficient (Wildman–Crippen LogP) is 5.95. The Morgan fingerprint density at radius 3 is 1.11 bits per heavy atom. The van der Waals surface area contributed by atoms with Gasteiger partial charge in [-0.25, -0.2) is 4.74 Å². The maximum Gasteiger partial charge on any atom is 0.305 e. The molecule has 0 rings (SSSR count). The molecule has 0 heterocycles. The first kappa shape index (κ1) is 37.6. The lowest BCUT2D eigenvalue weighted by molar-refractivity contribution is 0.475. The van der Waals surface area contributed by atoms with E-state index in [1.807, 2.05) is 37.5 Å². The SMILES string of the molecule is CC(C)P(=NP(=NC(C)(C)C)(N=P(N)(N(C)C)N(C)C)N=P(N(C)C)(N(C)C)N(C)C)(N(C)C)N(C)C. The van der Waals surface area contributed by atoms with E-state index in [1.165, 1.54) is 0 Å². The first-order valence-electron chi connectivity index (χ1n) is 12.5. The van der Waals surface area contributed by atoms with Crippen LogP contribution in [0.2, 0.25) is 0 Å². The number of hydrogen-bond donors (Lipinski definition) is 1. The molecule has 0 radical (unpaired) electrons.